The fourth-order valence-corrected chi connectivity index (χ4v) is 1.92. The highest BCUT2D eigenvalue weighted by molar-refractivity contribution is 5.83. The van der Waals surface area contributed by atoms with Gasteiger partial charge in [0, 0.05) is 25.9 Å². The van der Waals surface area contributed by atoms with Gasteiger partial charge in [-0.3, -0.25) is 14.8 Å². The maximum absolute atomic E-state index is 11.6. The molecule has 0 rings (SSSR count). The summed E-state index contributed by atoms with van der Waals surface area (Å²) >= 11 is 0. The average Bonchev–Trinajstić information content (AvgIpc) is 2.48. The Morgan fingerprint density at radius 1 is 1.05 bits per heavy atom. The lowest BCUT2D eigenvalue weighted by atomic mass is 10.2. The third-order valence-electron chi connectivity index (χ3n) is 3.28. The van der Waals surface area contributed by atoms with Crippen LogP contribution in [0, 0.1) is 0 Å². The van der Waals surface area contributed by atoms with Gasteiger partial charge in [0.1, 0.15) is 0 Å². The zero-order valence-corrected chi connectivity index (χ0v) is 13.3. The molecule has 2 amide bonds. The second-order valence-corrected chi connectivity index (χ2v) is 5.28. The minimum Gasteiger partial charge on any atom is -0.356 e. The van der Waals surface area contributed by atoms with Gasteiger partial charge in [-0.1, -0.05) is 32.6 Å². The van der Waals surface area contributed by atoms with Crippen LogP contribution in [0.2, 0.25) is 0 Å². The largest absolute Gasteiger partial charge is 0.356 e. The minimum atomic E-state index is -0.399. The zero-order valence-electron chi connectivity index (χ0n) is 13.3. The first kappa shape index (κ1) is 19.9. The molecule has 0 atom stereocenters. The van der Waals surface area contributed by atoms with Crippen molar-refractivity contribution in [3.8, 4) is 0 Å². The number of hydroxylamine groups is 2. The molecule has 6 nitrogen and oxygen atoms in total. The number of hydrogen-bond acceptors (Lipinski definition) is 4. The number of nitrogens with two attached hydrogens (primary N) is 1. The van der Waals surface area contributed by atoms with E-state index in [1.54, 1.807) is 0 Å². The maximum Gasteiger partial charge on any atom is 0.246 e. The van der Waals surface area contributed by atoms with Gasteiger partial charge in [0.25, 0.3) is 0 Å². The van der Waals surface area contributed by atoms with Crippen LogP contribution in [-0.4, -0.2) is 41.7 Å². The Bertz CT molecular complexity index is 285. The first-order valence-electron chi connectivity index (χ1n) is 8.07. The Morgan fingerprint density at radius 3 is 2.43 bits per heavy atom. The van der Waals surface area contributed by atoms with Crippen molar-refractivity contribution in [1.29, 1.82) is 0 Å². The van der Waals surface area contributed by atoms with E-state index in [-0.39, 0.29) is 18.7 Å². The van der Waals surface area contributed by atoms with Crippen LogP contribution < -0.4 is 11.1 Å². The summed E-state index contributed by atoms with van der Waals surface area (Å²) in [6, 6.07) is 0. The fourth-order valence-electron chi connectivity index (χ4n) is 1.92. The van der Waals surface area contributed by atoms with Crippen LogP contribution in [0.25, 0.3) is 0 Å². The van der Waals surface area contributed by atoms with E-state index in [0.717, 1.165) is 32.1 Å². The lowest BCUT2D eigenvalue weighted by Crippen LogP contribution is -2.31. The molecule has 0 aromatic rings. The number of nitrogens with zero attached hydrogens (tertiary/aromatic N) is 1. The van der Waals surface area contributed by atoms with Gasteiger partial charge in [-0.15, -0.1) is 0 Å². The third-order valence-corrected chi connectivity index (χ3v) is 3.28. The molecule has 0 aliphatic rings. The van der Waals surface area contributed by atoms with Crippen molar-refractivity contribution in [2.24, 2.45) is 5.73 Å². The fraction of sp³-hybridized carbons (Fsp3) is 0.867. The molecule has 0 bridgehead atoms. The first-order valence-corrected chi connectivity index (χ1v) is 8.07. The number of rotatable bonds is 13. The molecule has 0 unspecified atom stereocenters. The van der Waals surface area contributed by atoms with E-state index in [4.69, 9.17) is 5.73 Å². The lowest BCUT2D eigenvalue weighted by molar-refractivity contribution is -0.166. The summed E-state index contributed by atoms with van der Waals surface area (Å²) in [4.78, 5) is 23.1. The number of amides is 2. The van der Waals surface area contributed by atoms with Crippen molar-refractivity contribution in [2.75, 3.05) is 19.6 Å². The molecule has 124 valence electrons. The van der Waals surface area contributed by atoms with Crippen molar-refractivity contribution in [2.45, 2.75) is 64.7 Å². The topological polar surface area (TPSA) is 95.7 Å². The molecule has 0 spiro atoms. The Kier molecular flexibility index (Phi) is 13.1. The molecule has 0 aromatic heterocycles. The van der Waals surface area contributed by atoms with Crippen LogP contribution in [0.5, 0.6) is 0 Å². The average molecular weight is 301 g/mol. The smallest absolute Gasteiger partial charge is 0.246 e. The predicted molar refractivity (Wildman–Crippen MR) is 82.8 cm³/mol. The minimum absolute atomic E-state index is 0.0498. The molecule has 6 heteroatoms. The van der Waals surface area contributed by atoms with Gasteiger partial charge in [0.05, 0.1) is 0 Å². The Morgan fingerprint density at radius 2 is 1.76 bits per heavy atom. The van der Waals surface area contributed by atoms with Gasteiger partial charge in [0.15, 0.2) is 0 Å². The summed E-state index contributed by atoms with van der Waals surface area (Å²) in [5.41, 5.74) is 5.37. The van der Waals surface area contributed by atoms with E-state index in [0.29, 0.717) is 24.7 Å². The summed E-state index contributed by atoms with van der Waals surface area (Å²) < 4.78 is 0. The van der Waals surface area contributed by atoms with E-state index < -0.39 is 5.91 Å². The van der Waals surface area contributed by atoms with Crippen LogP contribution in [0.4, 0.5) is 0 Å². The molecule has 0 aromatic carbocycles. The highest BCUT2D eigenvalue weighted by Crippen LogP contribution is 2.01. The van der Waals surface area contributed by atoms with Gasteiger partial charge in [-0.2, -0.15) is 0 Å². The number of hydrogen-bond donors (Lipinski definition) is 3. The maximum atomic E-state index is 11.6. The predicted octanol–water partition coefficient (Wildman–Crippen LogP) is 1.81. The van der Waals surface area contributed by atoms with Gasteiger partial charge < -0.3 is 11.1 Å². The Balaban J connectivity index is 3.59. The summed E-state index contributed by atoms with van der Waals surface area (Å²) in [6.45, 7) is 3.73. The summed E-state index contributed by atoms with van der Waals surface area (Å²) in [5.74, 6) is -0.528. The van der Waals surface area contributed by atoms with Crippen molar-refractivity contribution < 1.29 is 14.8 Å². The molecule has 21 heavy (non-hydrogen) atoms. The molecule has 0 aliphatic heterocycles. The molecular formula is C15H31N3O3. The number of carbonyl (C=O) groups is 2. The second-order valence-electron chi connectivity index (χ2n) is 5.28. The second kappa shape index (κ2) is 13.8. The summed E-state index contributed by atoms with van der Waals surface area (Å²) in [7, 11) is 0. The molecule has 0 radical (unpaired) electrons. The van der Waals surface area contributed by atoms with E-state index in [2.05, 4.69) is 12.2 Å². The normalized spacial score (nSPS) is 10.4. The molecular weight excluding hydrogens is 270 g/mol. The summed E-state index contributed by atoms with van der Waals surface area (Å²) in [6.07, 6.45) is 7.12. The van der Waals surface area contributed by atoms with E-state index >= 15 is 0 Å². The SMILES string of the molecule is CCCCCCNC(=O)CCC(=O)N(O)CCCCCN. The van der Waals surface area contributed by atoms with E-state index in [9.17, 15) is 14.8 Å². The van der Waals surface area contributed by atoms with Crippen LogP contribution >= 0.6 is 0 Å². The molecule has 0 saturated carbocycles. The zero-order chi connectivity index (χ0) is 15.9. The van der Waals surface area contributed by atoms with E-state index in [1.165, 1.54) is 12.8 Å². The van der Waals surface area contributed by atoms with Crippen LogP contribution in [0.15, 0.2) is 0 Å². The number of nitrogens with one attached hydrogen (secondary N) is 1. The van der Waals surface area contributed by atoms with Crippen molar-refractivity contribution in [3.63, 3.8) is 0 Å². The van der Waals surface area contributed by atoms with Gasteiger partial charge in [-0.25, -0.2) is 5.06 Å². The van der Waals surface area contributed by atoms with Crippen LogP contribution in [0.1, 0.15) is 64.7 Å². The monoisotopic (exact) mass is 301 g/mol. The van der Waals surface area contributed by atoms with Crippen LogP contribution in [0.3, 0.4) is 0 Å². The lowest BCUT2D eigenvalue weighted by Gasteiger charge is -2.14. The van der Waals surface area contributed by atoms with Crippen molar-refractivity contribution in [3.05, 3.63) is 0 Å². The van der Waals surface area contributed by atoms with Crippen molar-refractivity contribution >= 4 is 11.8 Å². The van der Waals surface area contributed by atoms with Crippen LogP contribution in [-0.2, 0) is 9.59 Å². The van der Waals surface area contributed by atoms with Gasteiger partial charge in [-0.05, 0) is 25.8 Å². The highest BCUT2D eigenvalue weighted by atomic mass is 16.5. The first-order chi connectivity index (χ1) is 10.1. The highest BCUT2D eigenvalue weighted by Gasteiger charge is 2.12. The molecule has 0 fully saturated rings. The van der Waals surface area contributed by atoms with Gasteiger partial charge >= 0.3 is 0 Å². The number of unbranched alkanes of at least 4 members (excludes halogenated alkanes) is 5. The Labute approximate surface area is 128 Å². The third kappa shape index (κ3) is 12.3. The Hall–Kier alpha value is -1.14. The van der Waals surface area contributed by atoms with E-state index in [1.807, 2.05) is 0 Å². The molecule has 0 heterocycles. The van der Waals surface area contributed by atoms with Gasteiger partial charge in [0.2, 0.25) is 11.8 Å². The van der Waals surface area contributed by atoms with Crippen molar-refractivity contribution in [1.82, 2.24) is 10.4 Å². The number of carbonyl (C=O) groups excluding carboxylic acids is 2. The molecule has 0 saturated heterocycles. The molecule has 0 aliphatic carbocycles. The quantitative estimate of drug-likeness (QED) is 0.275. The molecule has 4 N–H and O–H groups in total. The standard InChI is InChI=1S/C15H31N3O3/c1-2-3-4-7-12-17-14(19)9-10-15(20)18(21)13-8-5-6-11-16/h21H,2-13,16H2,1H3,(H,17,19). The summed E-state index contributed by atoms with van der Waals surface area (Å²) in [5, 5.41) is 13.0.